The molecule has 1 heterocycles. The van der Waals surface area contributed by atoms with Crippen molar-refractivity contribution in [2.24, 2.45) is 0 Å². The van der Waals surface area contributed by atoms with Gasteiger partial charge >= 0.3 is 0 Å². The number of rotatable bonds is 3. The molecule has 0 fully saturated rings. The molecule has 3 rings (SSSR count). The summed E-state index contributed by atoms with van der Waals surface area (Å²) in [5.74, 6) is 1.67. The number of fused-ring (bicyclic) bond motifs is 1. The van der Waals surface area contributed by atoms with Crippen LogP contribution in [0.5, 0.6) is 11.5 Å². The summed E-state index contributed by atoms with van der Waals surface area (Å²) < 4.78 is 11.2. The molecule has 2 aromatic carbocycles. The van der Waals surface area contributed by atoms with E-state index in [1.807, 2.05) is 48.6 Å². The van der Waals surface area contributed by atoms with Gasteiger partial charge in [-0.2, -0.15) is 0 Å². The summed E-state index contributed by atoms with van der Waals surface area (Å²) in [6.45, 7) is 0. The number of methoxy groups -OCH3 is 1. The quantitative estimate of drug-likeness (QED) is 0.827. The maximum atomic E-state index is 5.94. The van der Waals surface area contributed by atoms with Crippen LogP contribution >= 0.6 is 0 Å². The van der Waals surface area contributed by atoms with Gasteiger partial charge in [0.25, 0.3) is 0 Å². The van der Waals surface area contributed by atoms with E-state index in [-0.39, 0.29) is 6.10 Å². The highest BCUT2D eigenvalue weighted by atomic mass is 16.5. The molecular weight excluding hydrogens is 248 g/mol. The summed E-state index contributed by atoms with van der Waals surface area (Å²) in [5, 5.41) is 0. The molecule has 2 nitrogen and oxygen atoms in total. The van der Waals surface area contributed by atoms with Crippen LogP contribution in [0.15, 0.2) is 60.7 Å². The Bertz CT molecular complexity index is 642. The number of hydrogen-bond acceptors (Lipinski definition) is 2. The summed E-state index contributed by atoms with van der Waals surface area (Å²) in [4.78, 5) is 0. The molecule has 0 amide bonds. The van der Waals surface area contributed by atoms with Crippen molar-refractivity contribution in [1.82, 2.24) is 0 Å². The highest BCUT2D eigenvalue weighted by molar-refractivity contribution is 5.63. The summed E-state index contributed by atoms with van der Waals surface area (Å²) in [6, 6.07) is 16.1. The normalized spacial score (nSPS) is 16.8. The zero-order valence-electron chi connectivity index (χ0n) is 11.3. The van der Waals surface area contributed by atoms with Crippen molar-refractivity contribution in [3.05, 3.63) is 71.8 Å². The predicted molar refractivity (Wildman–Crippen MR) is 81.9 cm³/mol. The van der Waals surface area contributed by atoms with E-state index in [2.05, 4.69) is 24.3 Å². The van der Waals surface area contributed by atoms with E-state index in [4.69, 9.17) is 9.47 Å². The van der Waals surface area contributed by atoms with Gasteiger partial charge in [-0.3, -0.25) is 0 Å². The molecule has 0 unspecified atom stereocenters. The second-order valence-electron chi connectivity index (χ2n) is 4.62. The van der Waals surface area contributed by atoms with Crippen LogP contribution in [0.1, 0.15) is 11.1 Å². The lowest BCUT2D eigenvalue weighted by Crippen LogP contribution is -2.13. The summed E-state index contributed by atoms with van der Waals surface area (Å²) in [6.07, 6.45) is 8.20. The molecule has 0 spiro atoms. The third-order valence-electron chi connectivity index (χ3n) is 3.23. The van der Waals surface area contributed by atoms with Crippen LogP contribution < -0.4 is 9.47 Å². The summed E-state index contributed by atoms with van der Waals surface area (Å²) in [5.41, 5.74) is 2.25. The van der Waals surface area contributed by atoms with E-state index < -0.39 is 0 Å². The molecule has 0 radical (unpaired) electrons. The fraction of sp³-hybridized carbons (Fsp3) is 0.111. The number of ether oxygens (including phenoxy) is 2. The van der Waals surface area contributed by atoms with Gasteiger partial charge in [0, 0.05) is 11.6 Å². The molecular formula is C18H16O2. The van der Waals surface area contributed by atoms with Gasteiger partial charge in [-0.1, -0.05) is 42.5 Å². The van der Waals surface area contributed by atoms with Gasteiger partial charge in [-0.05, 0) is 29.8 Å². The van der Waals surface area contributed by atoms with Crippen LogP contribution in [0.2, 0.25) is 0 Å². The van der Waals surface area contributed by atoms with E-state index in [0.29, 0.717) is 0 Å². The first-order valence-corrected chi connectivity index (χ1v) is 6.61. The minimum absolute atomic E-state index is 0.0465. The molecule has 0 N–H and O–H groups in total. The van der Waals surface area contributed by atoms with Crippen molar-refractivity contribution in [3.63, 3.8) is 0 Å². The zero-order chi connectivity index (χ0) is 13.8. The van der Waals surface area contributed by atoms with Crippen molar-refractivity contribution < 1.29 is 9.47 Å². The van der Waals surface area contributed by atoms with Gasteiger partial charge in [0.1, 0.15) is 17.6 Å². The Kier molecular flexibility index (Phi) is 3.55. The van der Waals surface area contributed by atoms with E-state index in [0.717, 1.165) is 17.1 Å². The fourth-order valence-electron chi connectivity index (χ4n) is 2.14. The maximum absolute atomic E-state index is 5.94. The highest BCUT2D eigenvalue weighted by Crippen LogP contribution is 2.30. The molecule has 0 saturated carbocycles. The number of hydrogen-bond donors (Lipinski definition) is 0. The lowest BCUT2D eigenvalue weighted by atomic mass is 10.1. The Morgan fingerprint density at radius 2 is 1.95 bits per heavy atom. The third-order valence-corrected chi connectivity index (χ3v) is 3.23. The maximum Gasteiger partial charge on any atom is 0.136 e. The molecule has 100 valence electrons. The lowest BCUT2D eigenvalue weighted by Gasteiger charge is -2.19. The van der Waals surface area contributed by atoms with Crippen LogP contribution in [0.3, 0.4) is 0 Å². The molecule has 20 heavy (non-hydrogen) atoms. The first-order valence-electron chi connectivity index (χ1n) is 6.61. The Hall–Kier alpha value is -2.48. The van der Waals surface area contributed by atoms with Crippen molar-refractivity contribution in [1.29, 1.82) is 0 Å². The molecule has 0 aliphatic carbocycles. The third kappa shape index (κ3) is 2.75. The van der Waals surface area contributed by atoms with Crippen molar-refractivity contribution >= 4 is 12.2 Å². The van der Waals surface area contributed by atoms with Crippen LogP contribution in [0.4, 0.5) is 0 Å². The average molecular weight is 264 g/mol. The monoisotopic (exact) mass is 264 g/mol. The molecule has 0 aromatic heterocycles. The molecule has 1 aliphatic heterocycles. The predicted octanol–water partition coefficient (Wildman–Crippen LogP) is 4.18. The van der Waals surface area contributed by atoms with Gasteiger partial charge in [-0.25, -0.2) is 0 Å². The van der Waals surface area contributed by atoms with Crippen molar-refractivity contribution in [2.45, 2.75) is 6.10 Å². The van der Waals surface area contributed by atoms with Gasteiger partial charge in [0.2, 0.25) is 0 Å². The first-order chi connectivity index (χ1) is 9.85. The molecule has 1 aliphatic rings. The first kappa shape index (κ1) is 12.5. The molecule has 2 heteroatoms. The second kappa shape index (κ2) is 5.66. The van der Waals surface area contributed by atoms with E-state index in [1.54, 1.807) is 7.11 Å². The van der Waals surface area contributed by atoms with Crippen LogP contribution in [-0.4, -0.2) is 13.2 Å². The fourth-order valence-corrected chi connectivity index (χ4v) is 2.14. The Labute approximate surface area is 119 Å². The lowest BCUT2D eigenvalue weighted by molar-refractivity contribution is 0.291. The van der Waals surface area contributed by atoms with Crippen molar-refractivity contribution in [3.8, 4) is 11.5 Å². The Balaban J connectivity index is 1.77. The van der Waals surface area contributed by atoms with E-state index >= 15 is 0 Å². The molecule has 2 aromatic rings. The van der Waals surface area contributed by atoms with E-state index in [9.17, 15) is 0 Å². The van der Waals surface area contributed by atoms with Crippen LogP contribution in [-0.2, 0) is 0 Å². The topological polar surface area (TPSA) is 18.5 Å². The summed E-state index contributed by atoms with van der Waals surface area (Å²) in [7, 11) is 1.66. The van der Waals surface area contributed by atoms with Crippen LogP contribution in [0, 0.1) is 0 Å². The van der Waals surface area contributed by atoms with E-state index in [1.165, 1.54) is 5.56 Å². The molecule has 0 saturated heterocycles. The van der Waals surface area contributed by atoms with Gasteiger partial charge in [-0.15, -0.1) is 0 Å². The highest BCUT2D eigenvalue weighted by Gasteiger charge is 2.12. The van der Waals surface area contributed by atoms with Gasteiger partial charge in [0.05, 0.1) is 7.11 Å². The van der Waals surface area contributed by atoms with Crippen molar-refractivity contribution in [2.75, 3.05) is 7.11 Å². The smallest absolute Gasteiger partial charge is 0.136 e. The summed E-state index contributed by atoms with van der Waals surface area (Å²) >= 11 is 0. The Morgan fingerprint density at radius 1 is 1.10 bits per heavy atom. The second-order valence-corrected chi connectivity index (χ2v) is 4.62. The minimum Gasteiger partial charge on any atom is -0.497 e. The molecule has 0 bridgehead atoms. The van der Waals surface area contributed by atoms with Gasteiger partial charge in [0.15, 0.2) is 0 Å². The number of benzene rings is 2. The zero-order valence-corrected chi connectivity index (χ0v) is 11.3. The molecule has 1 atom stereocenters. The largest absolute Gasteiger partial charge is 0.497 e. The van der Waals surface area contributed by atoms with Gasteiger partial charge < -0.3 is 9.47 Å². The SMILES string of the molecule is COc1ccc2c(c1)O[C@@H](/C=C/c1ccccc1)C=C2. The Morgan fingerprint density at radius 3 is 2.75 bits per heavy atom. The minimum atomic E-state index is -0.0465. The average Bonchev–Trinajstić information content (AvgIpc) is 2.53. The van der Waals surface area contributed by atoms with Crippen LogP contribution in [0.25, 0.3) is 12.2 Å². The standard InChI is InChI=1S/C18H16O2/c1-19-17-12-9-15-8-11-16(20-18(15)13-17)10-7-14-5-3-2-4-6-14/h2-13,16H,1H3/b10-7+/t16-/m0/s1.